The van der Waals surface area contributed by atoms with E-state index in [1.165, 1.54) is 6.07 Å². The molecule has 7 aromatic rings. The summed E-state index contributed by atoms with van der Waals surface area (Å²) in [4.78, 5) is 23.2. The number of carbonyl (C=O) groups excluding carboxylic acids is 1. The van der Waals surface area contributed by atoms with Gasteiger partial charge in [0.05, 0.1) is 54.8 Å². The molecule has 420 valence electrons. The van der Waals surface area contributed by atoms with Gasteiger partial charge >= 0.3 is 55.1 Å². The van der Waals surface area contributed by atoms with Gasteiger partial charge in [-0.2, -0.15) is 132 Å². The molecule has 0 aliphatic rings. The Balaban J connectivity index is 0.000000378. The van der Waals surface area contributed by atoms with Crippen molar-refractivity contribution in [2.75, 3.05) is 0 Å². The Kier molecular flexibility index (Phi) is 15.9. The van der Waals surface area contributed by atoms with E-state index in [9.17, 15) is 120 Å². The third-order valence-corrected chi connectivity index (χ3v) is 11.9. The topological polar surface area (TPSA) is 64.1 Å². The van der Waals surface area contributed by atoms with Crippen LogP contribution in [0.4, 0.5) is 111 Å². The predicted octanol–water partition coefficient (Wildman–Crippen LogP) is 14.1. The molecule has 0 aliphatic heterocycles. The second-order valence-corrected chi connectivity index (χ2v) is 17.1. The molecule has 7 rings (SSSR count). The number of aromatic nitrogens is 1. The Morgan fingerprint density at radius 3 is 0.937 bits per heavy atom. The first kappa shape index (κ1) is 60.4. The van der Waals surface area contributed by atoms with E-state index in [1.54, 1.807) is 59.3 Å². The third-order valence-electron chi connectivity index (χ3n) is 11.9. The van der Waals surface area contributed by atoms with Crippen molar-refractivity contribution in [3.8, 4) is 0 Å². The lowest BCUT2D eigenvalue weighted by Gasteiger charge is -2.46. The number of hydrogen-bond donors (Lipinski definition) is 0. The van der Waals surface area contributed by atoms with Crippen LogP contribution in [-0.2, 0) is 56.0 Å². The van der Waals surface area contributed by atoms with Gasteiger partial charge in [0, 0.05) is 17.7 Å². The Morgan fingerprint density at radius 1 is 0.392 bits per heavy atom. The van der Waals surface area contributed by atoms with Crippen LogP contribution in [0.3, 0.4) is 0 Å². The number of pyridine rings is 1. The number of benzene rings is 6. The number of rotatable bonds is 8. The molecule has 0 aliphatic carbocycles. The smallest absolute Gasteiger partial charge is 0.287 e. The number of para-hydroxylation sites is 1. The van der Waals surface area contributed by atoms with Crippen LogP contribution < -0.4 is 26.4 Å². The summed E-state index contributed by atoms with van der Waals surface area (Å²) in [7, 11) is 0. The van der Waals surface area contributed by atoms with Gasteiger partial charge in [-0.25, -0.2) is 0 Å². The SMILES string of the molecule is FC(F)(F)c1cc([B-](c2cc(C(F)(F)F)cc(C(F)(F)F)c2)(c2cc(C(F)(F)F)cc(C(F)(F)F)c2)c2cc(C(F)(F)F)cc(C(F)(F)F)c2)cc(C(F)(F)F)c1.O=C(C[n+]1cccc2cccc([N+](=O)[O-])c21)c1ccccc1. The maximum absolute atomic E-state index is 14.2. The van der Waals surface area contributed by atoms with Gasteiger partial charge in [-0.1, -0.05) is 84.9 Å². The summed E-state index contributed by atoms with van der Waals surface area (Å²) in [6, 6.07) is 8.57. The number of non-ortho nitro benzene ring substituents is 1. The molecule has 0 saturated heterocycles. The van der Waals surface area contributed by atoms with E-state index in [0.29, 0.717) is 11.1 Å². The van der Waals surface area contributed by atoms with E-state index in [-0.39, 0.29) is 18.0 Å². The summed E-state index contributed by atoms with van der Waals surface area (Å²) in [6.45, 7) is 0.0617. The number of Topliss-reactive ketones (excluding diaryl/α,β-unsaturated/α-hetero) is 1. The molecule has 0 atom stereocenters. The summed E-state index contributed by atoms with van der Waals surface area (Å²) < 4.78 is 342. The van der Waals surface area contributed by atoms with E-state index in [1.807, 2.05) is 6.07 Å². The molecule has 0 fully saturated rings. The Morgan fingerprint density at radius 2 is 0.671 bits per heavy atom. The second-order valence-electron chi connectivity index (χ2n) is 17.1. The van der Waals surface area contributed by atoms with Crippen LogP contribution in [0.1, 0.15) is 54.9 Å². The van der Waals surface area contributed by atoms with Gasteiger partial charge in [-0.15, -0.1) is 0 Å². The first-order chi connectivity index (χ1) is 35.9. The van der Waals surface area contributed by atoms with Crippen LogP contribution in [0, 0.1) is 10.1 Å². The molecule has 5 nitrogen and oxygen atoms in total. The zero-order valence-electron chi connectivity index (χ0n) is 38.3. The van der Waals surface area contributed by atoms with Crippen molar-refractivity contribution in [1.82, 2.24) is 0 Å². The minimum Gasteiger partial charge on any atom is -0.287 e. The minimum absolute atomic E-state index is 0.000961. The number of fused-ring (bicyclic) bond motifs is 1. The van der Waals surface area contributed by atoms with Gasteiger partial charge in [0.2, 0.25) is 12.3 Å². The summed E-state index contributed by atoms with van der Waals surface area (Å²) in [6.07, 6.45) is -53.1. The van der Waals surface area contributed by atoms with Gasteiger partial charge < -0.3 is 0 Å². The van der Waals surface area contributed by atoms with Crippen LogP contribution in [-0.4, -0.2) is 16.9 Å². The molecule has 30 heteroatoms. The van der Waals surface area contributed by atoms with Gasteiger partial charge in [0.15, 0.2) is 6.20 Å². The molecule has 0 unspecified atom stereocenters. The predicted molar refractivity (Wildman–Crippen MR) is 232 cm³/mol. The fourth-order valence-corrected chi connectivity index (χ4v) is 8.54. The first-order valence-corrected chi connectivity index (χ1v) is 21.4. The fraction of sp³-hybridized carbons (Fsp3) is 0.184. The van der Waals surface area contributed by atoms with E-state index < -0.39 is 200 Å². The second kappa shape index (κ2) is 20.8. The average Bonchev–Trinajstić information content (AvgIpc) is 3.54. The minimum atomic E-state index is -6.13. The summed E-state index contributed by atoms with van der Waals surface area (Å²) in [5.74, 6) is -0.0868. The van der Waals surface area contributed by atoms with E-state index >= 15 is 0 Å². The number of carbonyl (C=O) groups is 1. The van der Waals surface area contributed by atoms with Crippen LogP contribution >= 0.6 is 0 Å². The highest BCUT2D eigenvalue weighted by Gasteiger charge is 2.47. The zero-order chi connectivity index (χ0) is 59.4. The Hall–Kier alpha value is -7.82. The van der Waals surface area contributed by atoms with Crippen molar-refractivity contribution in [2.45, 2.75) is 56.0 Å². The largest absolute Gasteiger partial charge is 0.416 e. The standard InChI is InChI=1S/C32H12BF24.C17H13N2O3/c34-25(35,36)13-1-14(26(37,38)39)6-21(5-13)33(22-7-15(27(40,41)42)2-16(8-22)28(43,44)45,23-9-17(29(46,47)48)3-18(10-23)30(49,50)51)24-11-19(31(52,53)54)4-20(12-24)32(55,56)57;20-16(13-6-2-1-3-7-13)12-18-11-5-9-14-8-4-10-15(17(14)18)19(21)22/h1-12H;1-11H,12H2/q-1;+1. The first-order valence-electron chi connectivity index (χ1n) is 21.4. The number of hydrogen-bond acceptors (Lipinski definition) is 3. The van der Waals surface area contributed by atoms with Crippen molar-refractivity contribution in [3.05, 3.63) is 200 Å². The molecule has 0 saturated carbocycles. The van der Waals surface area contributed by atoms with Crippen molar-refractivity contribution < 1.29 is 120 Å². The maximum atomic E-state index is 14.2. The van der Waals surface area contributed by atoms with Crippen LogP contribution in [0.2, 0.25) is 0 Å². The maximum Gasteiger partial charge on any atom is 0.416 e. The highest BCUT2D eigenvalue weighted by atomic mass is 19.4. The number of nitro groups is 1. The van der Waals surface area contributed by atoms with Gasteiger partial charge in [-0.05, 0) is 36.4 Å². The third kappa shape index (κ3) is 13.4. The normalized spacial score (nSPS) is 13.3. The molecule has 1 heterocycles. The molecule has 0 radical (unpaired) electrons. The fourth-order valence-electron chi connectivity index (χ4n) is 8.54. The summed E-state index contributed by atoms with van der Waals surface area (Å²) in [5.41, 5.74) is -29.2. The van der Waals surface area contributed by atoms with Gasteiger partial charge in [-0.3, -0.25) is 14.9 Å². The van der Waals surface area contributed by atoms with Crippen molar-refractivity contribution in [2.24, 2.45) is 0 Å². The average molecular weight is 1160 g/mol. The Bertz CT molecular complexity index is 2990. The highest BCUT2D eigenvalue weighted by molar-refractivity contribution is 7.20. The number of halogens is 24. The quantitative estimate of drug-likeness (QED) is 0.0380. The van der Waals surface area contributed by atoms with Crippen molar-refractivity contribution >= 4 is 50.4 Å². The van der Waals surface area contributed by atoms with E-state index in [2.05, 4.69) is 0 Å². The molecule has 79 heavy (non-hydrogen) atoms. The number of ketones is 1. The van der Waals surface area contributed by atoms with Crippen LogP contribution in [0.5, 0.6) is 0 Å². The summed E-state index contributed by atoms with van der Waals surface area (Å²) in [5, 5.41) is 12.0. The zero-order valence-corrected chi connectivity index (χ0v) is 38.3. The number of alkyl halides is 24. The lowest BCUT2D eigenvalue weighted by Crippen LogP contribution is -2.75. The lowest BCUT2D eigenvalue weighted by molar-refractivity contribution is -0.658. The van der Waals surface area contributed by atoms with E-state index in [0.717, 1.165) is 5.39 Å². The monoisotopic (exact) mass is 1160 g/mol. The molecule has 0 spiro atoms. The molecule has 1 aromatic heterocycles. The molecular weight excluding hydrogens is 1130 g/mol. The van der Waals surface area contributed by atoms with Crippen molar-refractivity contribution in [3.63, 3.8) is 0 Å². The van der Waals surface area contributed by atoms with Crippen molar-refractivity contribution in [1.29, 1.82) is 0 Å². The lowest BCUT2D eigenvalue weighted by atomic mass is 9.12. The molecule has 0 amide bonds. The molecule has 0 bridgehead atoms. The number of nitro benzene ring substituents is 1. The molecular formula is C49H25BF24N2O3. The van der Waals surface area contributed by atoms with Crippen LogP contribution in [0.15, 0.2) is 140 Å². The molecule has 6 aromatic carbocycles. The Labute approximate surface area is 425 Å². The van der Waals surface area contributed by atoms with Gasteiger partial charge in [0.25, 0.3) is 5.52 Å². The summed E-state index contributed by atoms with van der Waals surface area (Å²) >= 11 is 0. The van der Waals surface area contributed by atoms with Crippen LogP contribution in [0.25, 0.3) is 10.9 Å². The highest BCUT2D eigenvalue weighted by Crippen LogP contribution is 2.41. The molecule has 0 N–H and O–H groups in total. The van der Waals surface area contributed by atoms with E-state index in [4.69, 9.17) is 0 Å². The number of nitrogens with zero attached hydrogens (tertiary/aromatic N) is 2. The van der Waals surface area contributed by atoms with Gasteiger partial charge in [0.1, 0.15) is 6.15 Å².